The van der Waals surface area contributed by atoms with E-state index in [1.165, 1.54) is 0 Å². The summed E-state index contributed by atoms with van der Waals surface area (Å²) in [5.74, 6) is 1.42. The molecule has 1 fully saturated rings. The van der Waals surface area contributed by atoms with Gasteiger partial charge in [0.2, 0.25) is 0 Å². The third kappa shape index (κ3) is 4.05. The number of furan rings is 1. The van der Waals surface area contributed by atoms with Crippen LogP contribution in [-0.4, -0.2) is 47.1 Å². The monoisotopic (exact) mass is 467 g/mol. The zero-order chi connectivity index (χ0) is 22.1. The van der Waals surface area contributed by atoms with Crippen molar-refractivity contribution in [3.05, 3.63) is 76.2 Å². The molecule has 1 aliphatic rings. The number of nitrogens with zero attached hydrogens (tertiary/aromatic N) is 2. The average Bonchev–Trinajstić information content (AvgIpc) is 3.46. The summed E-state index contributed by atoms with van der Waals surface area (Å²) in [5.41, 5.74) is 2.74. The standard InChI is InChI=1S/C24H19Cl2N3O3/c25-18-5-3-4-16(22(18)26)21-9-8-15(32-21)14-17(24(30)29-10-12-31-13-11-29)23-27-19-6-1-2-7-20(19)28-23/h1-9,14H,10-13H2,(H,27,28). The molecule has 6 nitrogen and oxygen atoms in total. The zero-order valence-corrected chi connectivity index (χ0v) is 18.5. The minimum absolute atomic E-state index is 0.133. The maximum absolute atomic E-state index is 13.4. The van der Waals surface area contributed by atoms with Crippen molar-refractivity contribution in [3.63, 3.8) is 0 Å². The minimum atomic E-state index is -0.133. The van der Waals surface area contributed by atoms with E-state index < -0.39 is 0 Å². The van der Waals surface area contributed by atoms with E-state index in [-0.39, 0.29) is 5.91 Å². The Morgan fingerprint density at radius 2 is 1.84 bits per heavy atom. The number of H-pyrrole nitrogens is 1. The van der Waals surface area contributed by atoms with Gasteiger partial charge in [-0.3, -0.25) is 4.79 Å². The van der Waals surface area contributed by atoms with E-state index in [9.17, 15) is 4.79 Å². The maximum Gasteiger partial charge on any atom is 0.257 e. The molecule has 162 valence electrons. The number of carbonyl (C=O) groups is 1. The molecular formula is C24H19Cl2N3O3. The third-order valence-electron chi connectivity index (χ3n) is 5.30. The van der Waals surface area contributed by atoms with Gasteiger partial charge in [-0.15, -0.1) is 0 Å². The van der Waals surface area contributed by atoms with E-state index in [0.29, 0.717) is 64.8 Å². The van der Waals surface area contributed by atoms with Crippen LogP contribution in [0.5, 0.6) is 0 Å². The van der Waals surface area contributed by atoms with Crippen molar-refractivity contribution >= 4 is 51.8 Å². The lowest BCUT2D eigenvalue weighted by molar-refractivity contribution is -0.128. The van der Waals surface area contributed by atoms with Gasteiger partial charge in [-0.05, 0) is 42.5 Å². The van der Waals surface area contributed by atoms with Gasteiger partial charge in [-0.1, -0.05) is 41.4 Å². The Bertz CT molecular complexity index is 1290. The lowest BCUT2D eigenvalue weighted by Gasteiger charge is -2.27. The molecule has 4 aromatic rings. The SMILES string of the molecule is O=C(C(=Cc1ccc(-c2cccc(Cl)c2Cl)o1)c1nc2ccccc2[nH]1)N1CCOCC1. The Balaban J connectivity index is 1.56. The summed E-state index contributed by atoms with van der Waals surface area (Å²) in [7, 11) is 0. The van der Waals surface area contributed by atoms with Crippen LogP contribution in [0, 0.1) is 0 Å². The molecule has 1 aliphatic heterocycles. The molecule has 0 spiro atoms. The summed E-state index contributed by atoms with van der Waals surface area (Å²) in [4.78, 5) is 23.1. The van der Waals surface area contributed by atoms with E-state index in [2.05, 4.69) is 9.97 Å². The van der Waals surface area contributed by atoms with Crippen molar-refractivity contribution in [1.82, 2.24) is 14.9 Å². The van der Waals surface area contributed by atoms with Crippen LogP contribution in [0.3, 0.4) is 0 Å². The number of aromatic nitrogens is 2. The van der Waals surface area contributed by atoms with E-state index in [0.717, 1.165) is 11.0 Å². The van der Waals surface area contributed by atoms with Crippen molar-refractivity contribution in [2.24, 2.45) is 0 Å². The number of benzene rings is 2. The topological polar surface area (TPSA) is 71.4 Å². The molecule has 3 heterocycles. The Kier molecular flexibility index (Phi) is 5.74. The number of rotatable bonds is 4. The summed E-state index contributed by atoms with van der Waals surface area (Å²) in [6.45, 7) is 2.07. The fraction of sp³-hybridized carbons (Fsp3) is 0.167. The Hall–Kier alpha value is -3.06. The van der Waals surface area contributed by atoms with Gasteiger partial charge in [0.05, 0.1) is 39.9 Å². The number of hydrogen-bond acceptors (Lipinski definition) is 4. The molecule has 32 heavy (non-hydrogen) atoms. The zero-order valence-electron chi connectivity index (χ0n) is 17.0. The molecule has 2 aromatic carbocycles. The highest BCUT2D eigenvalue weighted by atomic mass is 35.5. The summed E-state index contributed by atoms with van der Waals surface area (Å²) in [5, 5.41) is 0.865. The number of para-hydroxylation sites is 2. The number of halogens is 2. The summed E-state index contributed by atoms with van der Waals surface area (Å²) >= 11 is 12.5. The molecule has 0 radical (unpaired) electrons. The van der Waals surface area contributed by atoms with Gasteiger partial charge in [0, 0.05) is 18.7 Å². The number of amides is 1. The van der Waals surface area contributed by atoms with Crippen LogP contribution in [0.15, 0.2) is 59.0 Å². The molecule has 0 atom stereocenters. The highest BCUT2D eigenvalue weighted by Crippen LogP contribution is 2.35. The highest BCUT2D eigenvalue weighted by molar-refractivity contribution is 6.43. The van der Waals surface area contributed by atoms with E-state index >= 15 is 0 Å². The summed E-state index contributed by atoms with van der Waals surface area (Å²) < 4.78 is 11.4. The first kappa shape index (κ1) is 20.8. The average molecular weight is 468 g/mol. The van der Waals surface area contributed by atoms with Gasteiger partial charge in [0.15, 0.2) is 0 Å². The number of imidazole rings is 1. The molecule has 0 unspecified atom stereocenters. The van der Waals surface area contributed by atoms with Crippen molar-refractivity contribution in [2.45, 2.75) is 0 Å². The van der Waals surface area contributed by atoms with Crippen LogP contribution < -0.4 is 0 Å². The Labute approximate surface area is 194 Å². The van der Waals surface area contributed by atoms with E-state index in [1.807, 2.05) is 36.4 Å². The first-order valence-corrected chi connectivity index (χ1v) is 10.9. The van der Waals surface area contributed by atoms with Crippen molar-refractivity contribution in [3.8, 4) is 11.3 Å². The Morgan fingerprint density at radius 3 is 2.66 bits per heavy atom. The number of carbonyl (C=O) groups excluding carboxylic acids is 1. The third-order valence-corrected chi connectivity index (χ3v) is 6.12. The number of morpholine rings is 1. The number of fused-ring (bicyclic) bond motifs is 1. The molecule has 8 heteroatoms. The predicted octanol–water partition coefficient (Wildman–Crippen LogP) is 5.53. The second-order valence-corrected chi connectivity index (χ2v) is 8.15. The summed E-state index contributed by atoms with van der Waals surface area (Å²) in [6.07, 6.45) is 1.71. The molecule has 1 amide bonds. The second-order valence-electron chi connectivity index (χ2n) is 7.37. The predicted molar refractivity (Wildman–Crippen MR) is 126 cm³/mol. The van der Waals surface area contributed by atoms with E-state index in [4.69, 9.17) is 32.4 Å². The highest BCUT2D eigenvalue weighted by Gasteiger charge is 2.24. The van der Waals surface area contributed by atoms with Crippen molar-refractivity contribution in [1.29, 1.82) is 0 Å². The Morgan fingerprint density at radius 1 is 1.03 bits per heavy atom. The molecule has 0 bridgehead atoms. The molecular weight excluding hydrogens is 449 g/mol. The molecule has 5 rings (SSSR count). The molecule has 0 saturated carbocycles. The lowest BCUT2D eigenvalue weighted by atomic mass is 10.1. The fourth-order valence-corrected chi connectivity index (χ4v) is 4.05. The molecule has 1 saturated heterocycles. The normalized spacial score (nSPS) is 14.8. The molecule has 0 aliphatic carbocycles. The van der Waals surface area contributed by atoms with Crippen LogP contribution in [0.4, 0.5) is 0 Å². The number of ether oxygens (including phenoxy) is 1. The second kappa shape index (κ2) is 8.82. The van der Waals surface area contributed by atoms with Crippen LogP contribution in [0.2, 0.25) is 10.0 Å². The lowest BCUT2D eigenvalue weighted by Crippen LogP contribution is -2.41. The first-order chi connectivity index (χ1) is 15.6. The maximum atomic E-state index is 13.4. The van der Waals surface area contributed by atoms with Gasteiger partial charge in [0.1, 0.15) is 17.3 Å². The number of nitrogens with one attached hydrogen (secondary N) is 1. The number of aromatic amines is 1. The van der Waals surface area contributed by atoms with Gasteiger partial charge in [-0.2, -0.15) is 0 Å². The van der Waals surface area contributed by atoms with Gasteiger partial charge < -0.3 is 19.0 Å². The molecule has 1 N–H and O–H groups in total. The quantitative estimate of drug-likeness (QED) is 0.400. The largest absolute Gasteiger partial charge is 0.457 e. The molecule has 2 aromatic heterocycles. The van der Waals surface area contributed by atoms with Gasteiger partial charge >= 0.3 is 0 Å². The van der Waals surface area contributed by atoms with Crippen molar-refractivity contribution < 1.29 is 13.9 Å². The fourth-order valence-electron chi connectivity index (χ4n) is 3.66. The van der Waals surface area contributed by atoms with Gasteiger partial charge in [-0.25, -0.2) is 4.98 Å². The number of hydrogen-bond donors (Lipinski definition) is 1. The van der Waals surface area contributed by atoms with Crippen LogP contribution >= 0.6 is 23.2 Å². The smallest absolute Gasteiger partial charge is 0.257 e. The summed E-state index contributed by atoms with van der Waals surface area (Å²) in [6, 6.07) is 16.6. The van der Waals surface area contributed by atoms with Crippen LogP contribution in [0.1, 0.15) is 11.6 Å². The first-order valence-electron chi connectivity index (χ1n) is 10.2. The van der Waals surface area contributed by atoms with Crippen LogP contribution in [-0.2, 0) is 9.53 Å². The van der Waals surface area contributed by atoms with Gasteiger partial charge in [0.25, 0.3) is 5.91 Å². The van der Waals surface area contributed by atoms with E-state index in [1.54, 1.807) is 29.2 Å². The van der Waals surface area contributed by atoms with Crippen LogP contribution in [0.25, 0.3) is 34.0 Å². The van der Waals surface area contributed by atoms with Crippen molar-refractivity contribution in [2.75, 3.05) is 26.3 Å². The minimum Gasteiger partial charge on any atom is -0.457 e.